The van der Waals surface area contributed by atoms with E-state index in [9.17, 15) is 9.59 Å². The maximum atomic E-state index is 11.9. The van der Waals surface area contributed by atoms with Crippen molar-refractivity contribution >= 4 is 23.5 Å². The molecule has 2 aliphatic heterocycles. The fourth-order valence-corrected chi connectivity index (χ4v) is 3.38. The molecule has 0 radical (unpaired) electrons. The maximum Gasteiger partial charge on any atom is 0.241 e. The van der Waals surface area contributed by atoms with Crippen LogP contribution in [0.3, 0.4) is 0 Å². The number of carbonyl (C=O) groups is 2. The van der Waals surface area contributed by atoms with Crippen molar-refractivity contribution in [2.45, 2.75) is 25.8 Å². The van der Waals surface area contributed by atoms with Gasteiger partial charge in [0.25, 0.3) is 0 Å². The Morgan fingerprint density at radius 3 is 2.36 bits per heavy atom. The highest BCUT2D eigenvalue weighted by molar-refractivity contribution is 5.82. The fourth-order valence-electron chi connectivity index (χ4n) is 3.38. The number of nitrogens with zero attached hydrogens (tertiary/aromatic N) is 6. The molecule has 2 aliphatic rings. The van der Waals surface area contributed by atoms with Crippen molar-refractivity contribution in [1.29, 1.82) is 0 Å². The molecule has 2 fully saturated rings. The molecular formula is C17H26N6O2. The van der Waals surface area contributed by atoms with E-state index in [1.807, 2.05) is 30.0 Å². The van der Waals surface area contributed by atoms with E-state index in [0.29, 0.717) is 19.1 Å². The van der Waals surface area contributed by atoms with Crippen molar-refractivity contribution in [3.05, 3.63) is 12.4 Å². The zero-order valence-corrected chi connectivity index (χ0v) is 15.2. The normalized spacial score (nSPS) is 19.3. The van der Waals surface area contributed by atoms with Gasteiger partial charge in [-0.05, 0) is 12.8 Å². The van der Waals surface area contributed by atoms with Crippen LogP contribution in [-0.2, 0) is 9.59 Å². The average molecular weight is 346 g/mol. The lowest BCUT2D eigenvalue weighted by atomic mass is 10.0. The molecule has 0 spiro atoms. The summed E-state index contributed by atoms with van der Waals surface area (Å²) < 4.78 is 0. The number of rotatable bonds is 3. The number of anilines is 2. The van der Waals surface area contributed by atoms with Crippen LogP contribution in [0, 0.1) is 0 Å². The summed E-state index contributed by atoms with van der Waals surface area (Å²) in [5.74, 6) is 1.91. The molecule has 2 saturated heterocycles. The summed E-state index contributed by atoms with van der Waals surface area (Å²) in [6.45, 7) is 5.19. The molecular weight excluding hydrogens is 320 g/mol. The molecule has 8 nitrogen and oxygen atoms in total. The van der Waals surface area contributed by atoms with Gasteiger partial charge in [0.15, 0.2) is 0 Å². The van der Waals surface area contributed by atoms with E-state index in [1.165, 1.54) is 0 Å². The number of carbonyl (C=O) groups excluding carboxylic acids is 2. The summed E-state index contributed by atoms with van der Waals surface area (Å²) in [4.78, 5) is 40.0. The summed E-state index contributed by atoms with van der Waals surface area (Å²) in [7, 11) is 3.70. The van der Waals surface area contributed by atoms with Crippen LogP contribution in [0.2, 0.25) is 0 Å². The second-order valence-corrected chi connectivity index (χ2v) is 6.82. The molecule has 2 amide bonds. The van der Waals surface area contributed by atoms with E-state index in [0.717, 1.165) is 44.1 Å². The molecule has 0 aromatic carbocycles. The van der Waals surface area contributed by atoms with Crippen LogP contribution in [-0.4, -0.2) is 84.4 Å². The molecule has 0 unspecified atom stereocenters. The van der Waals surface area contributed by atoms with Crippen LogP contribution >= 0.6 is 0 Å². The van der Waals surface area contributed by atoms with Crippen molar-refractivity contribution in [2.75, 3.05) is 56.6 Å². The SMILES string of the molecule is CC(=O)N(C)C1CCN(c2cc(N3CCN(C)C(=O)C3)ncn2)CC1. The van der Waals surface area contributed by atoms with Gasteiger partial charge in [0.2, 0.25) is 11.8 Å². The largest absolute Gasteiger partial charge is 0.356 e. The summed E-state index contributed by atoms with van der Waals surface area (Å²) in [5, 5.41) is 0. The van der Waals surface area contributed by atoms with E-state index in [1.54, 1.807) is 18.2 Å². The van der Waals surface area contributed by atoms with Gasteiger partial charge in [-0.1, -0.05) is 0 Å². The Labute approximate surface area is 148 Å². The van der Waals surface area contributed by atoms with Gasteiger partial charge >= 0.3 is 0 Å². The summed E-state index contributed by atoms with van der Waals surface area (Å²) in [6.07, 6.45) is 3.44. The first-order valence-electron chi connectivity index (χ1n) is 8.75. The second kappa shape index (κ2) is 7.25. The maximum absolute atomic E-state index is 11.9. The van der Waals surface area contributed by atoms with E-state index >= 15 is 0 Å². The van der Waals surface area contributed by atoms with Crippen molar-refractivity contribution < 1.29 is 9.59 Å². The van der Waals surface area contributed by atoms with Crippen molar-refractivity contribution in [1.82, 2.24) is 19.8 Å². The van der Waals surface area contributed by atoms with Crippen LogP contribution in [0.4, 0.5) is 11.6 Å². The summed E-state index contributed by atoms with van der Waals surface area (Å²) in [6, 6.07) is 2.26. The molecule has 136 valence electrons. The van der Waals surface area contributed by atoms with Crippen molar-refractivity contribution in [3.63, 3.8) is 0 Å². The monoisotopic (exact) mass is 346 g/mol. The molecule has 0 atom stereocenters. The van der Waals surface area contributed by atoms with E-state index in [2.05, 4.69) is 14.9 Å². The van der Waals surface area contributed by atoms with E-state index in [-0.39, 0.29) is 11.8 Å². The lowest BCUT2D eigenvalue weighted by Gasteiger charge is -2.37. The van der Waals surface area contributed by atoms with Crippen LogP contribution < -0.4 is 9.80 Å². The average Bonchev–Trinajstić information content (AvgIpc) is 2.63. The Kier molecular flexibility index (Phi) is 5.06. The Balaban J connectivity index is 1.65. The first kappa shape index (κ1) is 17.4. The molecule has 8 heteroatoms. The van der Waals surface area contributed by atoms with Gasteiger partial charge in [-0.2, -0.15) is 0 Å². The molecule has 1 aromatic heterocycles. The van der Waals surface area contributed by atoms with Gasteiger partial charge in [0.1, 0.15) is 18.0 Å². The molecule has 0 N–H and O–H groups in total. The van der Waals surface area contributed by atoms with Gasteiger partial charge in [-0.25, -0.2) is 9.97 Å². The minimum Gasteiger partial charge on any atom is -0.356 e. The molecule has 0 saturated carbocycles. The summed E-state index contributed by atoms with van der Waals surface area (Å²) in [5.41, 5.74) is 0. The van der Waals surface area contributed by atoms with Gasteiger partial charge in [-0.15, -0.1) is 0 Å². The highest BCUT2D eigenvalue weighted by Crippen LogP contribution is 2.23. The smallest absolute Gasteiger partial charge is 0.241 e. The molecule has 0 bridgehead atoms. The number of amides is 2. The Hall–Kier alpha value is -2.38. The predicted octanol–water partition coefficient (Wildman–Crippen LogP) is 0.202. The highest BCUT2D eigenvalue weighted by atomic mass is 16.2. The van der Waals surface area contributed by atoms with Crippen molar-refractivity contribution in [2.24, 2.45) is 0 Å². The standard InChI is InChI=1S/C17H26N6O2/c1-13(24)21(3)14-4-6-22(7-5-14)15-10-16(19-12-18-15)23-9-8-20(2)17(25)11-23/h10,12,14H,4-9,11H2,1-3H3. The lowest BCUT2D eigenvalue weighted by molar-refractivity contribution is -0.130. The predicted molar refractivity (Wildman–Crippen MR) is 95.6 cm³/mol. The van der Waals surface area contributed by atoms with Crippen LogP contribution in [0.15, 0.2) is 12.4 Å². The number of piperidine rings is 1. The third-order valence-corrected chi connectivity index (χ3v) is 5.25. The Bertz CT molecular complexity index is 644. The minimum atomic E-state index is 0.111. The molecule has 25 heavy (non-hydrogen) atoms. The second-order valence-electron chi connectivity index (χ2n) is 6.82. The first-order valence-corrected chi connectivity index (χ1v) is 8.75. The number of hydrogen-bond donors (Lipinski definition) is 0. The number of piperazine rings is 1. The molecule has 3 rings (SSSR count). The zero-order valence-electron chi connectivity index (χ0n) is 15.2. The van der Waals surface area contributed by atoms with E-state index in [4.69, 9.17) is 0 Å². The quantitative estimate of drug-likeness (QED) is 0.779. The first-order chi connectivity index (χ1) is 12.0. The zero-order chi connectivity index (χ0) is 18.0. The molecule has 1 aromatic rings. The number of hydrogen-bond acceptors (Lipinski definition) is 6. The van der Waals surface area contributed by atoms with Crippen LogP contribution in [0.5, 0.6) is 0 Å². The highest BCUT2D eigenvalue weighted by Gasteiger charge is 2.26. The topological polar surface area (TPSA) is 72.9 Å². The third kappa shape index (κ3) is 3.83. The van der Waals surface area contributed by atoms with Gasteiger partial charge in [0.05, 0.1) is 6.54 Å². The lowest BCUT2D eigenvalue weighted by Crippen LogP contribution is -2.49. The molecule has 0 aliphatic carbocycles. The van der Waals surface area contributed by atoms with E-state index < -0.39 is 0 Å². The van der Waals surface area contributed by atoms with Gasteiger partial charge < -0.3 is 19.6 Å². The minimum absolute atomic E-state index is 0.111. The number of aromatic nitrogens is 2. The Morgan fingerprint density at radius 2 is 1.76 bits per heavy atom. The third-order valence-electron chi connectivity index (χ3n) is 5.25. The van der Waals surface area contributed by atoms with Gasteiger partial charge in [-0.3, -0.25) is 9.59 Å². The van der Waals surface area contributed by atoms with Crippen LogP contribution in [0.1, 0.15) is 19.8 Å². The fraction of sp³-hybridized carbons (Fsp3) is 0.647. The van der Waals surface area contributed by atoms with Gasteiger partial charge in [0, 0.05) is 59.3 Å². The number of likely N-dealkylation sites (N-methyl/N-ethyl adjacent to an activating group) is 1. The van der Waals surface area contributed by atoms with Crippen molar-refractivity contribution in [3.8, 4) is 0 Å². The Morgan fingerprint density at radius 1 is 1.12 bits per heavy atom. The molecule has 3 heterocycles. The summed E-state index contributed by atoms with van der Waals surface area (Å²) >= 11 is 0. The van der Waals surface area contributed by atoms with Crippen LogP contribution in [0.25, 0.3) is 0 Å².